The Bertz CT molecular complexity index is 1040. The Hall–Kier alpha value is -3.45. The number of ether oxygens (including phenoxy) is 1. The van der Waals surface area contributed by atoms with Gasteiger partial charge in [-0.25, -0.2) is 9.97 Å². The SMILES string of the molecule is CC(CC(=O)C1CC1)Cc1ccc(C#Cc2cnc(Oc3ccccc3)nc2)cc1. The first-order valence-corrected chi connectivity index (χ1v) is 10.3. The van der Waals surface area contributed by atoms with E-state index in [1.165, 1.54) is 5.56 Å². The number of rotatable bonds is 7. The molecule has 0 radical (unpaired) electrons. The van der Waals surface area contributed by atoms with Crippen molar-refractivity contribution in [1.29, 1.82) is 0 Å². The molecule has 4 rings (SSSR count). The van der Waals surface area contributed by atoms with Crippen molar-refractivity contribution in [2.45, 2.75) is 32.6 Å². The molecule has 1 aromatic heterocycles. The fourth-order valence-corrected chi connectivity index (χ4v) is 3.29. The van der Waals surface area contributed by atoms with E-state index in [0.29, 0.717) is 35.8 Å². The molecule has 2 aromatic carbocycles. The van der Waals surface area contributed by atoms with E-state index in [-0.39, 0.29) is 0 Å². The van der Waals surface area contributed by atoms with E-state index < -0.39 is 0 Å². The number of carbonyl (C=O) groups is 1. The minimum absolute atomic E-state index is 0.297. The van der Waals surface area contributed by atoms with Gasteiger partial charge >= 0.3 is 6.01 Å². The lowest BCUT2D eigenvalue weighted by molar-refractivity contribution is -0.121. The van der Waals surface area contributed by atoms with Gasteiger partial charge in [0.15, 0.2) is 0 Å². The Morgan fingerprint density at radius 2 is 1.67 bits per heavy atom. The summed E-state index contributed by atoms with van der Waals surface area (Å²) in [5, 5.41) is 0. The van der Waals surface area contributed by atoms with Gasteiger partial charge in [0.2, 0.25) is 0 Å². The minimum Gasteiger partial charge on any atom is -0.424 e. The van der Waals surface area contributed by atoms with Crippen molar-refractivity contribution in [3.63, 3.8) is 0 Å². The van der Waals surface area contributed by atoms with Gasteiger partial charge in [0.25, 0.3) is 0 Å². The van der Waals surface area contributed by atoms with Gasteiger partial charge in [0.1, 0.15) is 11.5 Å². The van der Waals surface area contributed by atoms with Crippen molar-refractivity contribution in [1.82, 2.24) is 9.97 Å². The molecule has 1 saturated carbocycles. The summed E-state index contributed by atoms with van der Waals surface area (Å²) in [5.74, 6) is 8.09. The molecule has 0 spiro atoms. The molecule has 150 valence electrons. The standard InChI is InChI=1S/C26H24N2O2/c1-19(16-25(29)23-13-14-23)15-21-10-7-20(8-11-21)9-12-22-17-27-26(28-18-22)30-24-5-3-2-4-6-24/h2-8,10-11,17-19,23H,13-16H2,1H3. The van der Waals surface area contributed by atoms with Crippen LogP contribution in [0.15, 0.2) is 67.0 Å². The number of hydrogen-bond acceptors (Lipinski definition) is 4. The van der Waals surface area contributed by atoms with E-state index in [2.05, 4.69) is 40.9 Å². The van der Waals surface area contributed by atoms with Crippen LogP contribution in [-0.4, -0.2) is 15.8 Å². The first kappa shape index (κ1) is 19.8. The highest BCUT2D eigenvalue weighted by Gasteiger charge is 2.29. The zero-order chi connectivity index (χ0) is 20.8. The van der Waals surface area contributed by atoms with Crippen LogP contribution < -0.4 is 4.74 Å². The Morgan fingerprint density at radius 3 is 2.33 bits per heavy atom. The molecule has 0 aliphatic heterocycles. The molecule has 0 N–H and O–H groups in total. The number of para-hydroxylation sites is 1. The molecule has 1 atom stereocenters. The van der Waals surface area contributed by atoms with E-state index in [1.807, 2.05) is 42.5 Å². The van der Waals surface area contributed by atoms with Crippen molar-refractivity contribution in [3.8, 4) is 23.6 Å². The molecule has 1 aliphatic rings. The second kappa shape index (κ2) is 9.37. The van der Waals surface area contributed by atoms with Gasteiger partial charge in [0.05, 0.1) is 5.56 Å². The predicted octanol–water partition coefficient (Wildman–Crippen LogP) is 5.22. The molecule has 4 nitrogen and oxygen atoms in total. The van der Waals surface area contributed by atoms with Crippen LogP contribution in [0.1, 0.15) is 42.9 Å². The summed E-state index contributed by atoms with van der Waals surface area (Å²) < 4.78 is 5.59. The number of carbonyl (C=O) groups excluding carboxylic acids is 1. The predicted molar refractivity (Wildman–Crippen MR) is 116 cm³/mol. The van der Waals surface area contributed by atoms with Crippen LogP contribution in [-0.2, 0) is 11.2 Å². The van der Waals surface area contributed by atoms with Crippen molar-refractivity contribution in [2.75, 3.05) is 0 Å². The second-order valence-corrected chi connectivity index (χ2v) is 7.87. The lowest BCUT2D eigenvalue weighted by atomic mass is 9.94. The fourth-order valence-electron chi connectivity index (χ4n) is 3.29. The van der Waals surface area contributed by atoms with Gasteiger partial charge in [-0.2, -0.15) is 0 Å². The molecule has 3 aromatic rings. The molecule has 1 aliphatic carbocycles. The highest BCUT2D eigenvalue weighted by molar-refractivity contribution is 5.83. The lowest BCUT2D eigenvalue weighted by Gasteiger charge is -2.10. The molecule has 1 fully saturated rings. The molecular weight excluding hydrogens is 372 g/mol. The zero-order valence-electron chi connectivity index (χ0n) is 17.0. The first-order valence-electron chi connectivity index (χ1n) is 10.3. The summed E-state index contributed by atoms with van der Waals surface area (Å²) in [6.07, 6.45) is 7.11. The van der Waals surface area contributed by atoms with Gasteiger partial charge in [0, 0.05) is 30.3 Å². The molecule has 0 amide bonds. The van der Waals surface area contributed by atoms with Crippen LogP contribution in [0.2, 0.25) is 0 Å². The van der Waals surface area contributed by atoms with Crippen molar-refractivity contribution < 1.29 is 9.53 Å². The van der Waals surface area contributed by atoms with E-state index in [0.717, 1.165) is 30.4 Å². The summed E-state index contributed by atoms with van der Waals surface area (Å²) in [5.41, 5.74) is 2.90. The lowest BCUT2D eigenvalue weighted by Crippen LogP contribution is -2.09. The van der Waals surface area contributed by atoms with Crippen LogP contribution in [0.25, 0.3) is 0 Å². The molecule has 0 bridgehead atoms. The zero-order valence-corrected chi connectivity index (χ0v) is 17.0. The number of hydrogen-bond donors (Lipinski definition) is 0. The maximum Gasteiger partial charge on any atom is 0.321 e. The van der Waals surface area contributed by atoms with Crippen LogP contribution in [0.4, 0.5) is 0 Å². The Kier molecular flexibility index (Phi) is 6.20. The number of aromatic nitrogens is 2. The van der Waals surface area contributed by atoms with Crippen LogP contribution in [0.5, 0.6) is 11.8 Å². The Morgan fingerprint density at radius 1 is 1.00 bits per heavy atom. The van der Waals surface area contributed by atoms with Gasteiger partial charge in [-0.3, -0.25) is 4.79 Å². The van der Waals surface area contributed by atoms with E-state index >= 15 is 0 Å². The molecule has 0 saturated heterocycles. The maximum atomic E-state index is 12.0. The van der Waals surface area contributed by atoms with Gasteiger partial charge in [-0.15, -0.1) is 0 Å². The van der Waals surface area contributed by atoms with Crippen molar-refractivity contribution in [3.05, 3.63) is 83.7 Å². The highest BCUT2D eigenvalue weighted by Crippen LogP contribution is 2.32. The third kappa shape index (κ3) is 5.78. The van der Waals surface area contributed by atoms with E-state index in [4.69, 9.17) is 4.74 Å². The highest BCUT2D eigenvalue weighted by atomic mass is 16.5. The third-order valence-electron chi connectivity index (χ3n) is 5.05. The normalized spacial score (nSPS) is 13.8. The third-order valence-corrected chi connectivity index (χ3v) is 5.05. The molecular formula is C26H24N2O2. The summed E-state index contributed by atoms with van der Waals surface area (Å²) in [6.45, 7) is 2.15. The Labute approximate surface area is 177 Å². The number of nitrogens with zero attached hydrogens (tertiary/aromatic N) is 2. The second-order valence-electron chi connectivity index (χ2n) is 7.87. The average Bonchev–Trinajstić information content (AvgIpc) is 3.61. The fraction of sp³-hybridized carbons (Fsp3) is 0.269. The quantitative estimate of drug-likeness (QED) is 0.514. The van der Waals surface area contributed by atoms with Crippen LogP contribution in [0.3, 0.4) is 0 Å². The van der Waals surface area contributed by atoms with Crippen molar-refractivity contribution in [2.24, 2.45) is 11.8 Å². The largest absolute Gasteiger partial charge is 0.424 e. The molecule has 30 heavy (non-hydrogen) atoms. The summed E-state index contributed by atoms with van der Waals surface area (Å²) in [6, 6.07) is 17.9. The number of ketones is 1. The van der Waals surface area contributed by atoms with Gasteiger partial charge in [-0.05, 0) is 55.0 Å². The molecule has 4 heteroatoms. The summed E-state index contributed by atoms with van der Waals surface area (Å²) in [4.78, 5) is 20.4. The number of benzene rings is 2. The summed E-state index contributed by atoms with van der Waals surface area (Å²) >= 11 is 0. The topological polar surface area (TPSA) is 52.1 Å². The smallest absolute Gasteiger partial charge is 0.321 e. The minimum atomic E-state index is 0.297. The van der Waals surface area contributed by atoms with Crippen LogP contribution in [0, 0.1) is 23.7 Å². The van der Waals surface area contributed by atoms with Gasteiger partial charge in [-0.1, -0.05) is 49.1 Å². The monoisotopic (exact) mass is 396 g/mol. The number of Topliss-reactive ketones (excluding diaryl/α,β-unsaturated/α-hetero) is 1. The summed E-state index contributed by atoms with van der Waals surface area (Å²) in [7, 11) is 0. The average molecular weight is 396 g/mol. The Balaban J connectivity index is 1.31. The van der Waals surface area contributed by atoms with E-state index in [9.17, 15) is 4.79 Å². The molecule has 1 heterocycles. The van der Waals surface area contributed by atoms with Gasteiger partial charge < -0.3 is 4.74 Å². The maximum absolute atomic E-state index is 12.0. The van der Waals surface area contributed by atoms with E-state index in [1.54, 1.807) is 12.4 Å². The molecule has 1 unspecified atom stereocenters. The van der Waals surface area contributed by atoms with Crippen molar-refractivity contribution >= 4 is 5.78 Å². The first-order chi connectivity index (χ1) is 14.7. The van der Waals surface area contributed by atoms with Crippen LogP contribution >= 0.6 is 0 Å².